The molecule has 7 nitrogen and oxygen atoms in total. The van der Waals surface area contributed by atoms with Crippen LogP contribution in [0.5, 0.6) is 5.75 Å². The van der Waals surface area contributed by atoms with Crippen LogP contribution in [0, 0.1) is 11.3 Å². The maximum atomic E-state index is 9.69. The van der Waals surface area contributed by atoms with Crippen LogP contribution in [-0.4, -0.2) is 40.9 Å². The first kappa shape index (κ1) is 20.2. The highest BCUT2D eigenvalue weighted by atomic mass is 16.5. The molecular weight excluding hydrogens is 378 g/mol. The summed E-state index contributed by atoms with van der Waals surface area (Å²) in [6.45, 7) is 0.707. The number of benzene rings is 1. The molecule has 0 spiro atoms. The average Bonchev–Trinajstić information content (AvgIpc) is 3.17. The zero-order valence-corrected chi connectivity index (χ0v) is 17.2. The van der Waals surface area contributed by atoms with Gasteiger partial charge in [-0.15, -0.1) is 0 Å². The summed E-state index contributed by atoms with van der Waals surface area (Å²) < 4.78 is 5.31. The molecule has 2 aliphatic carbocycles. The van der Waals surface area contributed by atoms with Gasteiger partial charge in [0.05, 0.1) is 19.4 Å². The molecule has 0 atom stereocenters. The van der Waals surface area contributed by atoms with Crippen LogP contribution in [-0.2, 0) is 6.42 Å². The lowest BCUT2D eigenvalue weighted by Gasteiger charge is -2.26. The molecule has 30 heavy (non-hydrogen) atoms. The summed E-state index contributed by atoms with van der Waals surface area (Å²) in [4.78, 5) is 8.82. The van der Waals surface area contributed by atoms with Crippen molar-refractivity contribution in [1.29, 1.82) is 5.26 Å². The highest BCUT2D eigenvalue weighted by molar-refractivity contribution is 5.74. The number of methoxy groups -OCH3 is 1. The quantitative estimate of drug-likeness (QED) is 0.648. The number of nitriles is 1. The number of allylic oxidation sites excluding steroid dienone is 1. The number of hydrogen-bond donors (Lipinski definition) is 3. The summed E-state index contributed by atoms with van der Waals surface area (Å²) in [6.07, 6.45) is 8.70. The Morgan fingerprint density at radius 1 is 1.27 bits per heavy atom. The van der Waals surface area contributed by atoms with Crippen molar-refractivity contribution in [3.05, 3.63) is 47.2 Å². The summed E-state index contributed by atoms with van der Waals surface area (Å²) in [5, 5.41) is 25.7. The minimum Gasteiger partial charge on any atom is -0.497 e. The molecule has 0 saturated heterocycles. The van der Waals surface area contributed by atoms with Crippen molar-refractivity contribution in [2.45, 2.75) is 50.7 Å². The smallest absolute Gasteiger partial charge is 0.224 e. The van der Waals surface area contributed by atoms with Crippen molar-refractivity contribution >= 4 is 17.3 Å². The number of nitrogens with one attached hydrogen (secondary N) is 2. The molecule has 0 aliphatic heterocycles. The van der Waals surface area contributed by atoms with Gasteiger partial charge in [-0.2, -0.15) is 10.2 Å². The number of hydrogen-bond acceptors (Lipinski definition) is 7. The lowest BCUT2D eigenvalue weighted by molar-refractivity contribution is 0.126. The summed E-state index contributed by atoms with van der Waals surface area (Å²) in [5.41, 5.74) is 4.32. The number of nitrogens with zero attached hydrogens (tertiary/aromatic N) is 3. The zero-order chi connectivity index (χ0) is 20.9. The largest absolute Gasteiger partial charge is 0.497 e. The van der Waals surface area contributed by atoms with E-state index in [9.17, 15) is 10.4 Å². The number of aromatic nitrogens is 2. The zero-order valence-electron chi connectivity index (χ0n) is 17.2. The monoisotopic (exact) mass is 405 g/mol. The molecule has 0 amide bonds. The Morgan fingerprint density at radius 3 is 2.87 bits per heavy atom. The van der Waals surface area contributed by atoms with Crippen LogP contribution < -0.4 is 15.4 Å². The van der Waals surface area contributed by atoms with Crippen LogP contribution in [0.15, 0.2) is 30.5 Å². The molecule has 2 aromatic rings. The number of anilines is 2. The van der Waals surface area contributed by atoms with Crippen LogP contribution in [0.4, 0.5) is 11.8 Å². The van der Waals surface area contributed by atoms with Crippen molar-refractivity contribution in [3.63, 3.8) is 0 Å². The highest BCUT2D eigenvalue weighted by Gasteiger charge is 2.21. The minimum atomic E-state index is -0.211. The van der Waals surface area contributed by atoms with Crippen LogP contribution in [0.1, 0.15) is 48.8 Å². The predicted molar refractivity (Wildman–Crippen MR) is 116 cm³/mol. The van der Waals surface area contributed by atoms with Gasteiger partial charge < -0.3 is 20.5 Å². The highest BCUT2D eigenvalue weighted by Crippen LogP contribution is 2.32. The molecule has 7 heteroatoms. The third kappa shape index (κ3) is 4.55. The molecule has 3 N–H and O–H groups in total. The molecule has 0 unspecified atom stereocenters. The van der Waals surface area contributed by atoms with E-state index in [2.05, 4.69) is 44.9 Å². The molecule has 1 aromatic heterocycles. The SMILES string of the molecule is COc1ccc2c(c1)CC=C2CCNc1ncc(C#N)c(NC2CCC(O)CC2)n1. The van der Waals surface area contributed by atoms with E-state index in [1.165, 1.54) is 16.7 Å². The number of rotatable bonds is 7. The van der Waals surface area contributed by atoms with Gasteiger partial charge in [0.25, 0.3) is 0 Å². The van der Waals surface area contributed by atoms with E-state index in [-0.39, 0.29) is 12.1 Å². The van der Waals surface area contributed by atoms with Gasteiger partial charge in [0.1, 0.15) is 23.2 Å². The number of aliphatic hydroxyl groups excluding tert-OH is 1. The fraction of sp³-hybridized carbons (Fsp3) is 0.435. The summed E-state index contributed by atoms with van der Waals surface area (Å²) >= 11 is 0. The Hall–Kier alpha value is -3.11. The van der Waals surface area contributed by atoms with Gasteiger partial charge in [-0.1, -0.05) is 12.1 Å². The van der Waals surface area contributed by atoms with Crippen molar-refractivity contribution < 1.29 is 9.84 Å². The van der Waals surface area contributed by atoms with Gasteiger partial charge >= 0.3 is 0 Å². The molecule has 1 saturated carbocycles. The second-order valence-electron chi connectivity index (χ2n) is 7.85. The van der Waals surface area contributed by atoms with Crippen molar-refractivity contribution in [1.82, 2.24) is 9.97 Å². The van der Waals surface area contributed by atoms with Gasteiger partial charge in [0.2, 0.25) is 5.95 Å². The van der Waals surface area contributed by atoms with E-state index < -0.39 is 0 Å². The van der Waals surface area contributed by atoms with Crippen molar-refractivity contribution in [2.24, 2.45) is 0 Å². The third-order valence-electron chi connectivity index (χ3n) is 5.85. The molecule has 0 bridgehead atoms. The van der Waals surface area contributed by atoms with Crippen LogP contribution in [0.25, 0.3) is 5.57 Å². The van der Waals surface area contributed by atoms with E-state index in [0.717, 1.165) is 44.3 Å². The first-order valence-corrected chi connectivity index (χ1v) is 10.5. The Bertz CT molecular complexity index is 974. The Morgan fingerprint density at radius 2 is 2.10 bits per heavy atom. The number of ether oxygens (including phenoxy) is 1. The van der Waals surface area contributed by atoms with E-state index in [1.807, 2.05) is 6.07 Å². The molecule has 1 fully saturated rings. The van der Waals surface area contributed by atoms with Gasteiger partial charge in [0.15, 0.2) is 0 Å². The normalized spacial score (nSPS) is 20.1. The van der Waals surface area contributed by atoms with Crippen LogP contribution in [0.2, 0.25) is 0 Å². The lowest BCUT2D eigenvalue weighted by atomic mass is 9.93. The number of aliphatic hydroxyl groups is 1. The van der Waals surface area contributed by atoms with Gasteiger partial charge in [-0.25, -0.2) is 4.98 Å². The predicted octanol–water partition coefficient (Wildman–Crippen LogP) is 3.51. The van der Waals surface area contributed by atoms with E-state index in [1.54, 1.807) is 13.3 Å². The first-order valence-electron chi connectivity index (χ1n) is 10.5. The molecule has 4 rings (SSSR count). The van der Waals surface area contributed by atoms with Gasteiger partial charge in [0, 0.05) is 12.6 Å². The maximum absolute atomic E-state index is 9.69. The van der Waals surface area contributed by atoms with E-state index >= 15 is 0 Å². The van der Waals surface area contributed by atoms with Crippen LogP contribution in [0.3, 0.4) is 0 Å². The molecule has 0 radical (unpaired) electrons. The van der Waals surface area contributed by atoms with Crippen LogP contribution >= 0.6 is 0 Å². The lowest BCUT2D eigenvalue weighted by Crippen LogP contribution is -2.29. The Kier molecular flexibility index (Phi) is 6.15. The second-order valence-corrected chi connectivity index (χ2v) is 7.85. The molecule has 156 valence electrons. The summed E-state index contributed by atoms with van der Waals surface area (Å²) in [7, 11) is 1.69. The maximum Gasteiger partial charge on any atom is 0.224 e. The summed E-state index contributed by atoms with van der Waals surface area (Å²) in [5.74, 6) is 1.97. The third-order valence-corrected chi connectivity index (χ3v) is 5.85. The second kappa shape index (κ2) is 9.14. The number of fused-ring (bicyclic) bond motifs is 1. The van der Waals surface area contributed by atoms with E-state index in [4.69, 9.17) is 4.74 Å². The standard InChI is InChI=1S/C23H27N5O2/c1-30-20-8-9-21-15(2-3-16(21)12-20)10-11-25-23-26-14-17(13-24)22(28-23)27-18-4-6-19(29)7-5-18/h2,8-9,12,14,18-19,29H,3-7,10-11H2,1H3,(H2,25,26,27,28). The van der Waals surface area contributed by atoms with E-state index in [0.29, 0.717) is 23.9 Å². The Balaban J connectivity index is 1.36. The Labute approximate surface area is 176 Å². The topological polar surface area (TPSA) is 103 Å². The average molecular weight is 406 g/mol. The molecule has 2 aliphatic rings. The van der Waals surface area contributed by atoms with Gasteiger partial charge in [-0.05, 0) is 67.4 Å². The van der Waals surface area contributed by atoms with Gasteiger partial charge in [-0.3, -0.25) is 0 Å². The fourth-order valence-electron chi connectivity index (χ4n) is 4.14. The summed E-state index contributed by atoms with van der Waals surface area (Å²) in [6, 6.07) is 8.59. The molecule has 1 heterocycles. The van der Waals surface area contributed by atoms with Crippen molar-refractivity contribution in [2.75, 3.05) is 24.3 Å². The minimum absolute atomic E-state index is 0.211. The molecular formula is C23H27N5O2. The first-order chi connectivity index (χ1) is 14.7. The molecule has 1 aromatic carbocycles. The van der Waals surface area contributed by atoms with Crippen molar-refractivity contribution in [3.8, 4) is 11.8 Å². The fourth-order valence-corrected chi connectivity index (χ4v) is 4.14.